The summed E-state index contributed by atoms with van der Waals surface area (Å²) in [4.78, 5) is 5.64. The fraction of sp³-hybridized carbons (Fsp3) is 0.333. The highest BCUT2D eigenvalue weighted by Crippen LogP contribution is 2.31. The van der Waals surface area contributed by atoms with Crippen molar-refractivity contribution in [2.24, 2.45) is 0 Å². The van der Waals surface area contributed by atoms with Gasteiger partial charge in [0.05, 0.1) is 5.69 Å². The highest BCUT2D eigenvalue weighted by Gasteiger charge is 2.43. The Labute approximate surface area is 153 Å². The van der Waals surface area contributed by atoms with Gasteiger partial charge in [0, 0.05) is 44.6 Å². The third-order valence-electron chi connectivity index (χ3n) is 4.96. The topological polar surface area (TPSA) is 80.5 Å². The lowest BCUT2D eigenvalue weighted by molar-refractivity contribution is 0.345. The third-order valence-corrected chi connectivity index (χ3v) is 6.98. The van der Waals surface area contributed by atoms with Crippen LogP contribution in [0.15, 0.2) is 48.8 Å². The third kappa shape index (κ3) is 2.89. The summed E-state index contributed by atoms with van der Waals surface area (Å²) in [6.45, 7) is 1.96. The van der Waals surface area contributed by atoms with Gasteiger partial charge in [-0.2, -0.15) is 18.0 Å². The Hall–Kier alpha value is -2.63. The molecule has 2 aliphatic heterocycles. The molecule has 2 saturated heterocycles. The molecule has 26 heavy (non-hydrogen) atoms. The van der Waals surface area contributed by atoms with Crippen LogP contribution in [0.4, 0.5) is 5.69 Å². The van der Waals surface area contributed by atoms with Crippen LogP contribution < -0.4 is 4.31 Å². The Morgan fingerprint density at radius 3 is 2.62 bits per heavy atom. The molecule has 0 radical (unpaired) electrons. The first-order chi connectivity index (χ1) is 12.6. The van der Waals surface area contributed by atoms with Crippen LogP contribution in [0.3, 0.4) is 0 Å². The van der Waals surface area contributed by atoms with Crippen LogP contribution >= 0.6 is 0 Å². The van der Waals surface area contributed by atoms with Gasteiger partial charge in [0.15, 0.2) is 6.19 Å². The van der Waals surface area contributed by atoms with Crippen molar-refractivity contribution in [3.8, 4) is 17.3 Å². The molecule has 134 valence electrons. The Balaban J connectivity index is 1.61. The summed E-state index contributed by atoms with van der Waals surface area (Å²) >= 11 is 0. The first-order valence-electron chi connectivity index (χ1n) is 8.54. The van der Waals surface area contributed by atoms with E-state index in [0.29, 0.717) is 38.3 Å². The second-order valence-corrected chi connectivity index (χ2v) is 8.27. The summed E-state index contributed by atoms with van der Waals surface area (Å²) in [5.74, 6) is 0. The highest BCUT2D eigenvalue weighted by atomic mass is 32.2. The summed E-state index contributed by atoms with van der Waals surface area (Å²) in [5.41, 5.74) is 2.61. The fourth-order valence-corrected chi connectivity index (χ4v) is 5.44. The van der Waals surface area contributed by atoms with Gasteiger partial charge in [0.1, 0.15) is 0 Å². The molecule has 2 fully saturated rings. The monoisotopic (exact) mass is 369 g/mol. The molecule has 2 aliphatic rings. The van der Waals surface area contributed by atoms with Gasteiger partial charge in [-0.05, 0) is 41.8 Å². The molecule has 4 rings (SSSR count). The van der Waals surface area contributed by atoms with Crippen molar-refractivity contribution in [3.63, 3.8) is 0 Å². The standard InChI is InChI=1S/C18H19N5O2S/c19-14-21-9-6-18(13-21)23-11-10-22(26(23,24)25)17-3-1-2-16(12-17)15-4-7-20-8-5-15/h1-5,7-8,12,18H,6,9-11,13H2/t18-/m1/s1. The number of nitriles is 1. The molecule has 0 amide bonds. The zero-order valence-corrected chi connectivity index (χ0v) is 15.0. The van der Waals surface area contributed by atoms with Crippen molar-refractivity contribution in [3.05, 3.63) is 48.8 Å². The molecule has 8 heteroatoms. The maximum Gasteiger partial charge on any atom is 0.304 e. The van der Waals surface area contributed by atoms with Crippen molar-refractivity contribution < 1.29 is 8.42 Å². The van der Waals surface area contributed by atoms with Crippen molar-refractivity contribution in [1.29, 1.82) is 5.26 Å². The minimum atomic E-state index is -3.58. The molecule has 0 N–H and O–H groups in total. The van der Waals surface area contributed by atoms with Gasteiger partial charge in [0.25, 0.3) is 0 Å². The summed E-state index contributed by atoms with van der Waals surface area (Å²) in [6, 6.07) is 11.2. The molecule has 3 heterocycles. The Kier molecular flexibility index (Phi) is 4.26. The van der Waals surface area contributed by atoms with E-state index < -0.39 is 10.2 Å². The van der Waals surface area contributed by atoms with Gasteiger partial charge in [-0.1, -0.05) is 12.1 Å². The van der Waals surface area contributed by atoms with E-state index in [1.165, 1.54) is 4.31 Å². The molecular weight excluding hydrogens is 350 g/mol. The maximum atomic E-state index is 13.1. The molecular formula is C18H19N5O2S. The van der Waals surface area contributed by atoms with E-state index in [4.69, 9.17) is 5.26 Å². The van der Waals surface area contributed by atoms with Crippen LogP contribution in [-0.4, -0.2) is 54.8 Å². The molecule has 0 saturated carbocycles. The zero-order valence-electron chi connectivity index (χ0n) is 14.2. The lowest BCUT2D eigenvalue weighted by Gasteiger charge is -2.24. The second kappa shape index (κ2) is 6.59. The van der Waals surface area contributed by atoms with Crippen LogP contribution in [-0.2, 0) is 10.2 Å². The summed E-state index contributed by atoms with van der Waals surface area (Å²) in [5, 5.41) is 9.02. The van der Waals surface area contributed by atoms with E-state index in [9.17, 15) is 8.42 Å². The first kappa shape index (κ1) is 16.8. The Morgan fingerprint density at radius 1 is 1.08 bits per heavy atom. The summed E-state index contributed by atoms with van der Waals surface area (Å²) in [6.07, 6.45) is 6.24. The van der Waals surface area contributed by atoms with Gasteiger partial charge >= 0.3 is 10.2 Å². The van der Waals surface area contributed by atoms with Gasteiger partial charge in [0.2, 0.25) is 0 Å². The number of aromatic nitrogens is 1. The van der Waals surface area contributed by atoms with E-state index in [0.717, 1.165) is 11.1 Å². The normalized spacial score (nSPS) is 22.5. The van der Waals surface area contributed by atoms with Crippen LogP contribution in [0.1, 0.15) is 6.42 Å². The van der Waals surface area contributed by atoms with Crippen molar-refractivity contribution in [2.75, 3.05) is 30.5 Å². The number of hydrogen-bond donors (Lipinski definition) is 0. The molecule has 0 spiro atoms. The van der Waals surface area contributed by atoms with E-state index in [1.54, 1.807) is 21.6 Å². The van der Waals surface area contributed by atoms with Gasteiger partial charge in [-0.25, -0.2) is 0 Å². The fourth-order valence-electron chi connectivity index (χ4n) is 3.63. The minimum absolute atomic E-state index is 0.131. The summed E-state index contributed by atoms with van der Waals surface area (Å²) < 4.78 is 29.1. The van der Waals surface area contributed by atoms with Gasteiger partial charge in [-0.3, -0.25) is 9.29 Å². The zero-order chi connectivity index (χ0) is 18.1. The number of anilines is 1. The smallest absolute Gasteiger partial charge is 0.304 e. The number of likely N-dealkylation sites (tertiary alicyclic amines) is 1. The SMILES string of the molecule is N#CN1CC[C@@H](N2CCN(c3cccc(-c4ccncc4)c3)S2(=O)=O)C1. The largest absolute Gasteiger partial charge is 0.309 e. The number of hydrogen-bond acceptors (Lipinski definition) is 5. The summed E-state index contributed by atoms with van der Waals surface area (Å²) in [7, 11) is -3.58. The maximum absolute atomic E-state index is 13.1. The van der Waals surface area contributed by atoms with Gasteiger partial charge in [-0.15, -0.1) is 0 Å². The van der Waals surface area contributed by atoms with E-state index >= 15 is 0 Å². The molecule has 0 aliphatic carbocycles. The lowest BCUT2D eigenvalue weighted by Crippen LogP contribution is -2.41. The number of nitrogens with zero attached hydrogens (tertiary/aromatic N) is 5. The van der Waals surface area contributed by atoms with Crippen molar-refractivity contribution >= 4 is 15.9 Å². The minimum Gasteiger partial charge on any atom is -0.309 e. The van der Waals surface area contributed by atoms with Crippen molar-refractivity contribution in [2.45, 2.75) is 12.5 Å². The molecule has 0 bridgehead atoms. The van der Waals surface area contributed by atoms with Crippen LogP contribution in [0.5, 0.6) is 0 Å². The highest BCUT2D eigenvalue weighted by molar-refractivity contribution is 7.90. The Bertz CT molecular complexity index is 942. The first-order valence-corrected chi connectivity index (χ1v) is 9.94. The number of rotatable bonds is 3. The van der Waals surface area contributed by atoms with Crippen molar-refractivity contribution in [1.82, 2.24) is 14.2 Å². The number of pyridine rings is 1. The van der Waals surface area contributed by atoms with Gasteiger partial charge < -0.3 is 4.90 Å². The quantitative estimate of drug-likeness (QED) is 0.769. The van der Waals surface area contributed by atoms with Crippen LogP contribution in [0.2, 0.25) is 0 Å². The molecule has 7 nitrogen and oxygen atoms in total. The van der Waals surface area contributed by atoms with E-state index in [-0.39, 0.29) is 6.04 Å². The molecule has 2 aromatic rings. The van der Waals surface area contributed by atoms with E-state index in [1.807, 2.05) is 36.4 Å². The molecule has 0 unspecified atom stereocenters. The average Bonchev–Trinajstić information content (AvgIpc) is 3.26. The predicted octanol–water partition coefficient (Wildman–Crippen LogP) is 1.67. The van der Waals surface area contributed by atoms with E-state index in [2.05, 4.69) is 11.2 Å². The molecule has 1 aromatic carbocycles. The lowest BCUT2D eigenvalue weighted by atomic mass is 10.1. The van der Waals surface area contributed by atoms with Crippen LogP contribution in [0, 0.1) is 11.5 Å². The molecule has 1 aromatic heterocycles. The molecule has 1 atom stereocenters. The number of benzene rings is 1. The Morgan fingerprint density at radius 2 is 1.88 bits per heavy atom. The van der Waals surface area contributed by atoms with Crippen LogP contribution in [0.25, 0.3) is 11.1 Å². The second-order valence-electron chi connectivity index (χ2n) is 6.47. The average molecular weight is 369 g/mol. The predicted molar refractivity (Wildman–Crippen MR) is 98.2 cm³/mol.